The lowest BCUT2D eigenvalue weighted by Crippen LogP contribution is -2.47. The number of hydrogen-bond acceptors (Lipinski definition) is 11. The first-order valence-corrected chi connectivity index (χ1v) is 10.8. The van der Waals surface area contributed by atoms with Crippen LogP contribution < -0.4 is 15.1 Å². The van der Waals surface area contributed by atoms with Crippen molar-refractivity contribution in [2.75, 3.05) is 7.11 Å². The number of methoxy groups -OCH3 is 1. The molecule has 6 rings (SSSR count). The number of carbonyl (C=O) groups is 3. The second kappa shape index (κ2) is 6.87. The minimum Gasteiger partial charge on any atom is -0.507 e. The lowest BCUT2D eigenvalue weighted by molar-refractivity contribution is -0.171. The fourth-order valence-electron chi connectivity index (χ4n) is 4.95. The van der Waals surface area contributed by atoms with E-state index in [2.05, 4.69) is 0 Å². The first-order valence-electron chi connectivity index (χ1n) is 10.8. The van der Waals surface area contributed by atoms with Gasteiger partial charge in [-0.25, -0.2) is 4.79 Å². The van der Waals surface area contributed by atoms with E-state index >= 15 is 0 Å². The van der Waals surface area contributed by atoms with Crippen LogP contribution in [0.4, 0.5) is 0 Å². The zero-order chi connectivity index (χ0) is 25.7. The molecule has 2 aromatic carbocycles. The zero-order valence-corrected chi connectivity index (χ0v) is 18.8. The van der Waals surface area contributed by atoms with Crippen molar-refractivity contribution in [3.05, 3.63) is 62.4 Å². The van der Waals surface area contributed by atoms with Gasteiger partial charge in [0.1, 0.15) is 22.5 Å². The molecule has 0 bridgehead atoms. The van der Waals surface area contributed by atoms with Crippen LogP contribution in [0.1, 0.15) is 38.5 Å². The van der Waals surface area contributed by atoms with Crippen molar-refractivity contribution in [2.24, 2.45) is 0 Å². The molecule has 182 valence electrons. The Bertz CT molecular complexity index is 1690. The van der Waals surface area contributed by atoms with Gasteiger partial charge in [0.2, 0.25) is 11.6 Å². The minimum absolute atomic E-state index is 0.129. The number of rotatable bonds is 1. The number of Topliss-reactive ketones (excluding diaryl/α,β-unsaturated/α-hetero) is 3. The molecule has 2 aliphatic heterocycles. The van der Waals surface area contributed by atoms with E-state index in [9.17, 15) is 34.5 Å². The molecule has 3 aromatic rings. The molecule has 36 heavy (non-hydrogen) atoms. The summed E-state index contributed by atoms with van der Waals surface area (Å²) in [6, 6.07) is 4.13. The Labute approximate surface area is 200 Å². The molecule has 1 atom stereocenters. The quantitative estimate of drug-likeness (QED) is 0.336. The summed E-state index contributed by atoms with van der Waals surface area (Å²) >= 11 is 0. The molecule has 3 heterocycles. The smallest absolute Gasteiger partial charge is 0.347 e. The van der Waals surface area contributed by atoms with Gasteiger partial charge in [-0.05, 0) is 36.4 Å². The van der Waals surface area contributed by atoms with E-state index in [4.69, 9.17) is 18.6 Å². The molecule has 0 saturated heterocycles. The van der Waals surface area contributed by atoms with Crippen molar-refractivity contribution < 1.29 is 48.3 Å². The molecule has 1 aromatic heterocycles. The summed E-state index contributed by atoms with van der Waals surface area (Å²) < 4.78 is 21.5. The number of aromatic hydroxyl groups is 3. The topological polar surface area (TPSA) is 170 Å². The highest BCUT2D eigenvalue weighted by atomic mass is 16.7. The molecular formula is C25H16O11. The molecule has 3 N–H and O–H groups in total. The van der Waals surface area contributed by atoms with Gasteiger partial charge in [-0.3, -0.25) is 14.4 Å². The van der Waals surface area contributed by atoms with Crippen molar-refractivity contribution in [3.63, 3.8) is 0 Å². The van der Waals surface area contributed by atoms with Crippen molar-refractivity contribution in [1.82, 2.24) is 0 Å². The molecule has 0 fully saturated rings. The number of fused-ring (bicyclic) bond motifs is 3. The largest absolute Gasteiger partial charge is 0.507 e. The molecular weight excluding hydrogens is 476 g/mol. The monoisotopic (exact) mass is 492 g/mol. The van der Waals surface area contributed by atoms with Gasteiger partial charge in [0, 0.05) is 12.5 Å². The van der Waals surface area contributed by atoms with Crippen LogP contribution in [0.3, 0.4) is 0 Å². The molecule has 0 unspecified atom stereocenters. The normalized spacial score (nSPS) is 20.2. The van der Waals surface area contributed by atoms with Gasteiger partial charge in [0.15, 0.2) is 28.8 Å². The highest BCUT2D eigenvalue weighted by molar-refractivity contribution is 6.39. The van der Waals surface area contributed by atoms with Crippen LogP contribution in [0.2, 0.25) is 0 Å². The molecule has 0 saturated carbocycles. The Morgan fingerprint density at radius 3 is 2.42 bits per heavy atom. The maximum Gasteiger partial charge on any atom is 0.347 e. The Morgan fingerprint density at radius 2 is 1.69 bits per heavy atom. The number of phenols is 3. The molecule has 11 heteroatoms. The summed E-state index contributed by atoms with van der Waals surface area (Å²) in [5, 5.41) is 31.9. The SMILES string of the molecule is COc1cc(O)c2c(c1O)C(=O)C1=C(C2=O)C(=O)[C@@]2(CCc3cc4cc(C)oc(=O)c4c(O)c3O2)O1. The predicted octanol–water partition coefficient (Wildman–Crippen LogP) is 2.18. The Balaban J connectivity index is 1.47. The third-order valence-electron chi connectivity index (χ3n) is 6.59. The first-order chi connectivity index (χ1) is 17.1. The summed E-state index contributed by atoms with van der Waals surface area (Å²) in [5.74, 6) is -7.97. The van der Waals surface area contributed by atoms with E-state index in [-0.39, 0.29) is 29.7 Å². The molecule has 11 nitrogen and oxygen atoms in total. The summed E-state index contributed by atoms with van der Waals surface area (Å²) in [6.45, 7) is 1.58. The van der Waals surface area contributed by atoms with Gasteiger partial charge >= 0.3 is 11.4 Å². The summed E-state index contributed by atoms with van der Waals surface area (Å²) in [6.07, 6.45) is -0.000541. The number of ether oxygens (including phenoxy) is 3. The molecule has 3 aliphatic rings. The number of aryl methyl sites for hydroxylation is 2. The van der Waals surface area contributed by atoms with Gasteiger partial charge in [-0.2, -0.15) is 0 Å². The molecule has 1 spiro atoms. The average molecular weight is 492 g/mol. The van der Waals surface area contributed by atoms with E-state index in [1.165, 1.54) is 7.11 Å². The van der Waals surface area contributed by atoms with E-state index in [1.54, 1.807) is 19.1 Å². The van der Waals surface area contributed by atoms with Crippen molar-refractivity contribution in [3.8, 4) is 28.7 Å². The zero-order valence-electron chi connectivity index (χ0n) is 18.8. The highest BCUT2D eigenvalue weighted by Gasteiger charge is 2.60. The number of carbonyl (C=O) groups excluding carboxylic acids is 3. The van der Waals surface area contributed by atoms with Crippen LogP contribution in [0.25, 0.3) is 10.8 Å². The van der Waals surface area contributed by atoms with Crippen LogP contribution in [0.5, 0.6) is 28.7 Å². The lowest BCUT2D eigenvalue weighted by atomic mass is 9.84. The van der Waals surface area contributed by atoms with E-state index < -0.39 is 68.5 Å². The number of phenolic OH excluding ortho intramolecular Hbond substituents is 3. The maximum atomic E-state index is 13.5. The Kier molecular flexibility index (Phi) is 4.15. The van der Waals surface area contributed by atoms with Gasteiger partial charge in [0.05, 0.1) is 18.2 Å². The summed E-state index contributed by atoms with van der Waals surface area (Å²) in [7, 11) is 1.19. The Morgan fingerprint density at radius 1 is 0.944 bits per heavy atom. The standard InChI is InChI=1S/C25H16O11/c1-8-5-10-6-9-3-4-25(35-21(9)19(29)13(10)24(32)34-8)23(31)16-18(28)14-11(26)7-12(33-2)17(27)15(14)20(30)22(16)36-25/h5-7,26-27,29H,3-4H2,1-2H3/t25-/m1/s1. The second-order valence-electron chi connectivity index (χ2n) is 8.67. The number of allylic oxidation sites excluding steroid dienone is 1. The second-order valence-corrected chi connectivity index (χ2v) is 8.67. The van der Waals surface area contributed by atoms with Crippen LogP contribution in [0.15, 0.2) is 38.7 Å². The van der Waals surface area contributed by atoms with Crippen molar-refractivity contribution in [1.29, 1.82) is 0 Å². The van der Waals surface area contributed by atoms with Crippen LogP contribution in [-0.2, 0) is 16.0 Å². The van der Waals surface area contributed by atoms with Gasteiger partial charge < -0.3 is 33.9 Å². The van der Waals surface area contributed by atoms with Crippen molar-refractivity contribution >= 4 is 28.1 Å². The van der Waals surface area contributed by atoms with Gasteiger partial charge in [0.25, 0.3) is 5.78 Å². The minimum atomic E-state index is -2.18. The molecule has 0 amide bonds. The fraction of sp³-hybridized carbons (Fsp3) is 0.200. The number of ketones is 3. The third-order valence-corrected chi connectivity index (χ3v) is 6.59. The summed E-state index contributed by atoms with van der Waals surface area (Å²) in [4.78, 5) is 52.3. The molecule has 0 radical (unpaired) electrons. The summed E-state index contributed by atoms with van der Waals surface area (Å²) in [5.41, 5.74) is -2.13. The third kappa shape index (κ3) is 2.56. The van der Waals surface area contributed by atoms with Gasteiger partial charge in [-0.1, -0.05) is 0 Å². The van der Waals surface area contributed by atoms with E-state index in [0.29, 0.717) is 16.7 Å². The lowest BCUT2D eigenvalue weighted by Gasteiger charge is -2.34. The number of benzene rings is 2. The predicted molar refractivity (Wildman–Crippen MR) is 119 cm³/mol. The van der Waals surface area contributed by atoms with E-state index in [1.807, 2.05) is 0 Å². The highest BCUT2D eigenvalue weighted by Crippen LogP contribution is 2.51. The van der Waals surface area contributed by atoms with Crippen LogP contribution >= 0.6 is 0 Å². The average Bonchev–Trinajstić information content (AvgIpc) is 3.11. The van der Waals surface area contributed by atoms with Crippen molar-refractivity contribution in [2.45, 2.75) is 25.6 Å². The molecule has 1 aliphatic carbocycles. The van der Waals surface area contributed by atoms with Gasteiger partial charge in [-0.15, -0.1) is 0 Å². The van der Waals surface area contributed by atoms with Crippen LogP contribution in [-0.4, -0.2) is 45.6 Å². The number of hydrogen-bond donors (Lipinski definition) is 3. The van der Waals surface area contributed by atoms with E-state index in [0.717, 1.165) is 6.07 Å². The van der Waals surface area contributed by atoms with Crippen LogP contribution in [0, 0.1) is 6.92 Å². The Hall–Kier alpha value is -4.80. The maximum absolute atomic E-state index is 13.5. The fourth-order valence-corrected chi connectivity index (χ4v) is 4.95. The first kappa shape index (κ1) is 21.7.